The van der Waals surface area contributed by atoms with Gasteiger partial charge in [-0.1, -0.05) is 51.9 Å². The van der Waals surface area contributed by atoms with E-state index in [0.29, 0.717) is 31.2 Å². The average Bonchev–Trinajstić information content (AvgIpc) is 3.25. The summed E-state index contributed by atoms with van der Waals surface area (Å²) >= 11 is 0. The first-order chi connectivity index (χ1) is 15.2. The first-order valence-corrected chi connectivity index (χ1v) is 11.0. The van der Waals surface area contributed by atoms with E-state index in [1.165, 1.54) is 5.56 Å². The molecule has 0 aliphatic heterocycles. The Morgan fingerprint density at radius 3 is 2.41 bits per heavy atom. The molecule has 0 spiro atoms. The molecular formula is C25H32N4O3. The van der Waals surface area contributed by atoms with Crippen molar-refractivity contribution in [2.75, 3.05) is 6.61 Å². The lowest BCUT2D eigenvalue weighted by Crippen LogP contribution is -2.32. The normalized spacial score (nSPS) is 12.6. The van der Waals surface area contributed by atoms with Crippen LogP contribution >= 0.6 is 0 Å². The van der Waals surface area contributed by atoms with E-state index >= 15 is 0 Å². The van der Waals surface area contributed by atoms with Gasteiger partial charge in [-0.2, -0.15) is 4.98 Å². The maximum absolute atomic E-state index is 12.5. The van der Waals surface area contributed by atoms with Gasteiger partial charge >= 0.3 is 0 Å². The monoisotopic (exact) mass is 436 g/mol. The second-order valence-electron chi connectivity index (χ2n) is 9.21. The number of nitrogens with one attached hydrogen (secondary N) is 1. The zero-order valence-electron chi connectivity index (χ0n) is 19.5. The lowest BCUT2D eigenvalue weighted by atomic mass is 9.87. The fourth-order valence-corrected chi connectivity index (χ4v) is 3.21. The van der Waals surface area contributed by atoms with Crippen molar-refractivity contribution >= 4 is 5.91 Å². The van der Waals surface area contributed by atoms with E-state index in [1.807, 2.05) is 38.1 Å². The third-order valence-electron chi connectivity index (χ3n) is 5.17. The Bertz CT molecular complexity index is 992. The minimum atomic E-state index is -0.351. The zero-order chi connectivity index (χ0) is 23.1. The SMILES string of the molecule is CC(C)C(NC(=O)CCCOc1ccc(C(C)(C)C)cc1)c1nc(-c2ccncc2)no1. The summed E-state index contributed by atoms with van der Waals surface area (Å²) in [6.07, 6.45) is 4.32. The van der Waals surface area contributed by atoms with E-state index in [4.69, 9.17) is 9.26 Å². The third-order valence-corrected chi connectivity index (χ3v) is 5.17. The molecule has 2 aromatic heterocycles. The molecule has 0 fully saturated rings. The summed E-state index contributed by atoms with van der Waals surface area (Å²) in [4.78, 5) is 21.0. The van der Waals surface area contributed by atoms with E-state index in [1.54, 1.807) is 12.4 Å². The van der Waals surface area contributed by atoms with E-state index in [-0.39, 0.29) is 23.3 Å². The molecule has 0 saturated heterocycles. The lowest BCUT2D eigenvalue weighted by molar-refractivity contribution is -0.122. The molecule has 2 heterocycles. The number of rotatable bonds is 9. The van der Waals surface area contributed by atoms with Crippen LogP contribution in [0.25, 0.3) is 11.4 Å². The van der Waals surface area contributed by atoms with Gasteiger partial charge in [0.05, 0.1) is 6.61 Å². The molecule has 0 radical (unpaired) electrons. The van der Waals surface area contributed by atoms with Gasteiger partial charge in [0.15, 0.2) is 0 Å². The number of carbonyl (C=O) groups excluding carboxylic acids is 1. The molecule has 7 heteroatoms. The van der Waals surface area contributed by atoms with Crippen molar-refractivity contribution in [3.63, 3.8) is 0 Å². The molecule has 0 aliphatic carbocycles. The van der Waals surface area contributed by atoms with E-state index in [2.05, 4.69) is 53.3 Å². The van der Waals surface area contributed by atoms with Gasteiger partial charge in [-0.25, -0.2) is 0 Å². The molecular weight excluding hydrogens is 404 g/mol. The van der Waals surface area contributed by atoms with Gasteiger partial charge in [-0.05, 0) is 47.6 Å². The Balaban J connectivity index is 1.49. The average molecular weight is 437 g/mol. The fourth-order valence-electron chi connectivity index (χ4n) is 3.21. The van der Waals surface area contributed by atoms with Gasteiger partial charge in [0.25, 0.3) is 0 Å². The van der Waals surface area contributed by atoms with Crippen molar-refractivity contribution in [1.82, 2.24) is 20.4 Å². The molecule has 1 aromatic carbocycles. The summed E-state index contributed by atoms with van der Waals surface area (Å²) in [5.74, 6) is 1.72. The summed E-state index contributed by atoms with van der Waals surface area (Å²) in [5.41, 5.74) is 2.19. The van der Waals surface area contributed by atoms with Crippen LogP contribution in [-0.4, -0.2) is 27.6 Å². The van der Waals surface area contributed by atoms with Gasteiger partial charge in [0, 0.05) is 24.4 Å². The van der Waals surface area contributed by atoms with Crippen LogP contribution in [0.1, 0.15) is 65.0 Å². The number of aromatic nitrogens is 3. The molecule has 0 aliphatic rings. The molecule has 0 bridgehead atoms. The molecule has 1 unspecified atom stereocenters. The molecule has 170 valence electrons. The maximum Gasteiger partial charge on any atom is 0.249 e. The van der Waals surface area contributed by atoms with Crippen molar-refractivity contribution in [2.45, 2.75) is 58.9 Å². The number of amides is 1. The predicted molar refractivity (Wildman–Crippen MR) is 123 cm³/mol. The lowest BCUT2D eigenvalue weighted by Gasteiger charge is -2.19. The van der Waals surface area contributed by atoms with E-state index in [0.717, 1.165) is 11.3 Å². The largest absolute Gasteiger partial charge is 0.494 e. The van der Waals surface area contributed by atoms with Gasteiger partial charge in [-0.15, -0.1) is 0 Å². The molecule has 3 aromatic rings. The number of hydrogen-bond acceptors (Lipinski definition) is 6. The summed E-state index contributed by atoms with van der Waals surface area (Å²) in [7, 11) is 0. The van der Waals surface area contributed by atoms with Crippen molar-refractivity contribution in [3.05, 3.63) is 60.2 Å². The molecule has 1 amide bonds. The molecule has 32 heavy (non-hydrogen) atoms. The van der Waals surface area contributed by atoms with Gasteiger partial charge in [0.2, 0.25) is 17.6 Å². The Kier molecular flexibility index (Phi) is 7.62. The zero-order valence-corrected chi connectivity index (χ0v) is 19.5. The predicted octanol–water partition coefficient (Wildman–Crippen LogP) is 5.10. The Labute approximate surface area is 189 Å². The highest BCUT2D eigenvalue weighted by atomic mass is 16.5. The van der Waals surface area contributed by atoms with Gasteiger partial charge in [0.1, 0.15) is 11.8 Å². The second kappa shape index (κ2) is 10.4. The molecule has 3 rings (SSSR count). The first-order valence-electron chi connectivity index (χ1n) is 11.0. The Hall–Kier alpha value is -3.22. The van der Waals surface area contributed by atoms with E-state index < -0.39 is 0 Å². The highest BCUT2D eigenvalue weighted by molar-refractivity contribution is 5.76. The minimum Gasteiger partial charge on any atom is -0.494 e. The van der Waals surface area contributed by atoms with Gasteiger partial charge < -0.3 is 14.6 Å². The topological polar surface area (TPSA) is 90.1 Å². The number of carbonyl (C=O) groups is 1. The molecule has 0 saturated carbocycles. The summed E-state index contributed by atoms with van der Waals surface area (Å²) < 4.78 is 11.2. The number of ether oxygens (including phenoxy) is 1. The van der Waals surface area contributed by atoms with Crippen LogP contribution in [0.3, 0.4) is 0 Å². The van der Waals surface area contributed by atoms with Crippen LogP contribution in [-0.2, 0) is 10.2 Å². The van der Waals surface area contributed by atoms with Crippen LogP contribution in [0.4, 0.5) is 0 Å². The Morgan fingerprint density at radius 2 is 1.78 bits per heavy atom. The van der Waals surface area contributed by atoms with Crippen molar-refractivity contribution in [3.8, 4) is 17.1 Å². The van der Waals surface area contributed by atoms with Crippen molar-refractivity contribution in [1.29, 1.82) is 0 Å². The number of nitrogens with zero attached hydrogens (tertiary/aromatic N) is 3. The molecule has 7 nitrogen and oxygen atoms in total. The second-order valence-corrected chi connectivity index (χ2v) is 9.21. The van der Waals surface area contributed by atoms with Crippen LogP contribution in [0.5, 0.6) is 5.75 Å². The number of hydrogen-bond donors (Lipinski definition) is 1. The first kappa shape index (κ1) is 23.4. The highest BCUT2D eigenvalue weighted by Crippen LogP contribution is 2.25. The number of benzene rings is 1. The van der Waals surface area contributed by atoms with Crippen LogP contribution in [0, 0.1) is 5.92 Å². The van der Waals surface area contributed by atoms with Crippen LogP contribution in [0.2, 0.25) is 0 Å². The Morgan fingerprint density at radius 1 is 1.09 bits per heavy atom. The number of pyridine rings is 1. The summed E-state index contributed by atoms with van der Waals surface area (Å²) in [6.45, 7) is 11.0. The van der Waals surface area contributed by atoms with Gasteiger partial charge in [-0.3, -0.25) is 9.78 Å². The molecule has 1 N–H and O–H groups in total. The standard InChI is InChI=1S/C25H32N4O3/c1-17(2)22(24-28-23(29-32-24)18-12-14-26-15-13-18)27-21(30)7-6-16-31-20-10-8-19(9-11-20)25(3,4)5/h8-15,17,22H,6-7,16H2,1-5H3,(H,27,30). The molecule has 1 atom stereocenters. The fraction of sp³-hybridized carbons (Fsp3) is 0.440. The van der Waals surface area contributed by atoms with Crippen LogP contribution in [0.15, 0.2) is 53.3 Å². The van der Waals surface area contributed by atoms with Crippen LogP contribution < -0.4 is 10.1 Å². The highest BCUT2D eigenvalue weighted by Gasteiger charge is 2.24. The maximum atomic E-state index is 12.5. The minimum absolute atomic E-state index is 0.0703. The third kappa shape index (κ3) is 6.39. The quantitative estimate of drug-likeness (QED) is 0.469. The van der Waals surface area contributed by atoms with Crippen molar-refractivity contribution in [2.24, 2.45) is 5.92 Å². The smallest absolute Gasteiger partial charge is 0.249 e. The van der Waals surface area contributed by atoms with E-state index in [9.17, 15) is 4.79 Å². The summed E-state index contributed by atoms with van der Waals surface area (Å²) in [5, 5.41) is 7.06. The summed E-state index contributed by atoms with van der Waals surface area (Å²) in [6, 6.07) is 11.4. The van der Waals surface area contributed by atoms with Crippen molar-refractivity contribution < 1.29 is 14.1 Å².